The van der Waals surface area contributed by atoms with Crippen molar-refractivity contribution in [3.05, 3.63) is 17.3 Å². The zero-order valence-corrected chi connectivity index (χ0v) is 7.12. The van der Waals surface area contributed by atoms with Gasteiger partial charge in [-0.25, -0.2) is 0 Å². The van der Waals surface area contributed by atoms with Crippen LogP contribution < -0.4 is 10.3 Å². The molecule has 0 bridgehead atoms. The van der Waals surface area contributed by atoms with Gasteiger partial charge in [0.1, 0.15) is 0 Å². The van der Waals surface area contributed by atoms with E-state index in [1.165, 1.54) is 19.4 Å². The highest BCUT2D eigenvalue weighted by Crippen LogP contribution is 2.20. The molecule has 0 aliphatic heterocycles. The standard InChI is InChI=1S/C6H7BClNO3/c1-12-5-3-9-6(7(10)11)2-4(5)8/h2-3,10-11H,1H3. The van der Waals surface area contributed by atoms with Crippen molar-refractivity contribution >= 4 is 24.3 Å². The first kappa shape index (κ1) is 9.31. The number of ether oxygens (including phenoxy) is 1. The minimum absolute atomic E-state index is 0.0980. The lowest BCUT2D eigenvalue weighted by atomic mass is 9.86. The summed E-state index contributed by atoms with van der Waals surface area (Å²) >= 11 is 5.69. The van der Waals surface area contributed by atoms with Crippen molar-refractivity contribution in [3.63, 3.8) is 0 Å². The van der Waals surface area contributed by atoms with Crippen molar-refractivity contribution in [2.75, 3.05) is 7.11 Å². The summed E-state index contributed by atoms with van der Waals surface area (Å²) in [5.74, 6) is 0.404. The molecule has 0 saturated carbocycles. The summed E-state index contributed by atoms with van der Waals surface area (Å²) in [6.07, 6.45) is 1.33. The third-order valence-corrected chi connectivity index (χ3v) is 1.62. The van der Waals surface area contributed by atoms with E-state index in [0.717, 1.165) is 0 Å². The Bertz CT molecular complexity index is 281. The van der Waals surface area contributed by atoms with Crippen LogP contribution in [-0.4, -0.2) is 29.3 Å². The molecular weight excluding hydrogens is 180 g/mol. The summed E-state index contributed by atoms with van der Waals surface area (Å²) in [7, 11) is -0.147. The van der Waals surface area contributed by atoms with E-state index in [9.17, 15) is 0 Å². The summed E-state index contributed by atoms with van der Waals surface area (Å²) in [4.78, 5) is 3.70. The van der Waals surface area contributed by atoms with Crippen LogP contribution in [0.2, 0.25) is 5.02 Å². The first-order valence-electron chi connectivity index (χ1n) is 3.20. The highest BCUT2D eigenvalue weighted by atomic mass is 35.5. The van der Waals surface area contributed by atoms with Crippen LogP contribution in [0, 0.1) is 0 Å². The molecule has 1 aromatic heterocycles. The number of nitrogens with zero attached hydrogens (tertiary/aromatic N) is 1. The number of halogens is 1. The van der Waals surface area contributed by atoms with Gasteiger partial charge < -0.3 is 14.8 Å². The van der Waals surface area contributed by atoms with E-state index < -0.39 is 7.12 Å². The van der Waals surface area contributed by atoms with E-state index in [1.54, 1.807) is 0 Å². The Labute approximate surface area is 74.9 Å². The largest absolute Gasteiger partial charge is 0.508 e. The number of methoxy groups -OCH3 is 1. The van der Waals surface area contributed by atoms with E-state index in [4.69, 9.17) is 26.4 Å². The molecule has 1 aromatic rings. The number of hydrogen-bond acceptors (Lipinski definition) is 4. The van der Waals surface area contributed by atoms with Crippen LogP contribution in [0.25, 0.3) is 0 Å². The fraction of sp³-hybridized carbons (Fsp3) is 0.167. The average Bonchev–Trinajstić information content (AvgIpc) is 2.04. The van der Waals surface area contributed by atoms with E-state index in [1.807, 2.05) is 0 Å². The molecular formula is C6H7BClNO3. The number of pyridine rings is 1. The quantitative estimate of drug-likeness (QED) is 0.608. The summed E-state index contributed by atoms with van der Waals surface area (Å²) in [5.41, 5.74) is 0.0980. The predicted octanol–water partition coefficient (Wildman–Crippen LogP) is -0.577. The van der Waals surface area contributed by atoms with Gasteiger partial charge in [-0.05, 0) is 6.07 Å². The molecule has 0 saturated heterocycles. The fourth-order valence-corrected chi connectivity index (χ4v) is 0.962. The maximum absolute atomic E-state index is 8.71. The van der Waals surface area contributed by atoms with Crippen LogP contribution in [0.1, 0.15) is 0 Å². The lowest BCUT2D eigenvalue weighted by Gasteiger charge is -2.03. The molecule has 0 radical (unpaired) electrons. The molecule has 2 N–H and O–H groups in total. The average molecular weight is 187 g/mol. The zero-order valence-electron chi connectivity index (χ0n) is 6.36. The van der Waals surface area contributed by atoms with Gasteiger partial charge in [0.2, 0.25) is 0 Å². The van der Waals surface area contributed by atoms with Crippen LogP contribution in [-0.2, 0) is 0 Å². The molecule has 0 aromatic carbocycles. The van der Waals surface area contributed by atoms with Crippen LogP contribution in [0.4, 0.5) is 0 Å². The second kappa shape index (κ2) is 3.75. The lowest BCUT2D eigenvalue weighted by Crippen LogP contribution is -2.32. The van der Waals surface area contributed by atoms with Crippen LogP contribution in [0.3, 0.4) is 0 Å². The Morgan fingerprint density at radius 1 is 1.58 bits per heavy atom. The van der Waals surface area contributed by atoms with E-state index in [2.05, 4.69) is 4.98 Å². The minimum Gasteiger partial charge on any atom is -0.494 e. The SMILES string of the molecule is COc1cnc(B(O)O)cc1Cl. The van der Waals surface area contributed by atoms with Crippen molar-refractivity contribution in [2.45, 2.75) is 0 Å². The van der Waals surface area contributed by atoms with Crippen molar-refractivity contribution in [1.82, 2.24) is 4.98 Å². The molecule has 0 unspecified atom stereocenters. The Morgan fingerprint density at radius 3 is 2.67 bits per heavy atom. The maximum atomic E-state index is 8.71. The Morgan fingerprint density at radius 2 is 2.25 bits per heavy atom. The molecule has 6 heteroatoms. The van der Waals surface area contributed by atoms with Gasteiger partial charge in [0, 0.05) is 0 Å². The zero-order chi connectivity index (χ0) is 9.14. The van der Waals surface area contributed by atoms with Gasteiger partial charge >= 0.3 is 7.12 Å². The number of aromatic nitrogens is 1. The second-order valence-corrected chi connectivity index (χ2v) is 2.52. The van der Waals surface area contributed by atoms with Crippen molar-refractivity contribution in [1.29, 1.82) is 0 Å². The highest BCUT2D eigenvalue weighted by molar-refractivity contribution is 6.58. The third-order valence-electron chi connectivity index (χ3n) is 1.33. The molecule has 1 heterocycles. The normalized spacial score (nSPS) is 9.67. The maximum Gasteiger partial charge on any atom is 0.508 e. The van der Waals surface area contributed by atoms with Crippen LogP contribution in [0.15, 0.2) is 12.3 Å². The molecule has 0 amide bonds. The van der Waals surface area contributed by atoms with Crippen molar-refractivity contribution < 1.29 is 14.8 Å². The third kappa shape index (κ3) is 1.88. The summed E-state index contributed by atoms with van der Waals surface area (Å²) < 4.78 is 4.82. The smallest absolute Gasteiger partial charge is 0.494 e. The Balaban J connectivity index is 3.02. The fourth-order valence-electron chi connectivity index (χ4n) is 0.724. The monoisotopic (exact) mass is 187 g/mol. The molecule has 0 fully saturated rings. The van der Waals surface area contributed by atoms with E-state index in [0.29, 0.717) is 10.8 Å². The van der Waals surface area contributed by atoms with Crippen LogP contribution >= 0.6 is 11.6 Å². The van der Waals surface area contributed by atoms with E-state index >= 15 is 0 Å². The van der Waals surface area contributed by atoms with Crippen LogP contribution in [0.5, 0.6) is 5.75 Å². The first-order valence-corrected chi connectivity index (χ1v) is 3.58. The van der Waals surface area contributed by atoms with Gasteiger partial charge in [-0.3, -0.25) is 4.98 Å². The van der Waals surface area contributed by atoms with Gasteiger partial charge in [-0.1, -0.05) is 11.6 Å². The first-order chi connectivity index (χ1) is 5.65. The van der Waals surface area contributed by atoms with Gasteiger partial charge in [-0.2, -0.15) is 0 Å². The topological polar surface area (TPSA) is 62.6 Å². The summed E-state index contributed by atoms with van der Waals surface area (Å²) in [6, 6.07) is 1.34. The molecule has 12 heavy (non-hydrogen) atoms. The predicted molar refractivity (Wildman–Crippen MR) is 45.6 cm³/mol. The Kier molecular flexibility index (Phi) is 2.91. The molecule has 1 rings (SSSR count). The lowest BCUT2D eigenvalue weighted by molar-refractivity contribution is 0.411. The number of hydrogen-bond donors (Lipinski definition) is 2. The second-order valence-electron chi connectivity index (χ2n) is 2.12. The van der Waals surface area contributed by atoms with E-state index in [-0.39, 0.29) is 5.59 Å². The Hall–Kier alpha value is -0.775. The molecule has 0 aliphatic rings. The van der Waals surface area contributed by atoms with Gasteiger partial charge in [-0.15, -0.1) is 0 Å². The molecule has 0 spiro atoms. The molecule has 4 nitrogen and oxygen atoms in total. The van der Waals surface area contributed by atoms with Crippen molar-refractivity contribution in [3.8, 4) is 5.75 Å². The minimum atomic E-state index is -1.60. The van der Waals surface area contributed by atoms with Gasteiger partial charge in [0.15, 0.2) is 5.75 Å². The van der Waals surface area contributed by atoms with Gasteiger partial charge in [0.05, 0.1) is 23.9 Å². The summed E-state index contributed by atoms with van der Waals surface area (Å²) in [6.45, 7) is 0. The van der Waals surface area contributed by atoms with Crippen molar-refractivity contribution in [2.24, 2.45) is 0 Å². The number of rotatable bonds is 2. The molecule has 0 aliphatic carbocycles. The highest BCUT2D eigenvalue weighted by Gasteiger charge is 2.14. The molecule has 64 valence electrons. The molecule has 0 atom stereocenters. The van der Waals surface area contributed by atoms with Gasteiger partial charge in [0.25, 0.3) is 0 Å². The summed E-state index contributed by atoms with van der Waals surface area (Å²) in [5, 5.41) is 17.7.